The molecule has 0 amide bonds. The van der Waals surface area contributed by atoms with Crippen LogP contribution in [-0.4, -0.2) is 48.1 Å². The predicted molar refractivity (Wildman–Crippen MR) is 128 cm³/mol. The first-order valence-electron chi connectivity index (χ1n) is 11.0. The SMILES string of the molecule is C[C@H]1CC2([Se]c3ccccc3)c3ccc([N+](=O)[O-])cc3N(C(C)(C)C)C2N1C(C)(C)C. The van der Waals surface area contributed by atoms with Crippen LogP contribution >= 0.6 is 0 Å². The fourth-order valence-corrected chi connectivity index (χ4v) is 9.07. The molecule has 1 fully saturated rings. The Morgan fingerprint density at radius 3 is 2.23 bits per heavy atom. The van der Waals surface area contributed by atoms with Crippen molar-refractivity contribution in [3.8, 4) is 0 Å². The van der Waals surface area contributed by atoms with Crippen LogP contribution in [0.5, 0.6) is 0 Å². The van der Waals surface area contributed by atoms with Crippen LogP contribution in [0, 0.1) is 10.1 Å². The van der Waals surface area contributed by atoms with E-state index in [1.54, 1.807) is 6.07 Å². The van der Waals surface area contributed by atoms with E-state index in [4.69, 9.17) is 0 Å². The van der Waals surface area contributed by atoms with Crippen molar-refractivity contribution in [1.82, 2.24) is 4.90 Å². The molecule has 4 rings (SSSR count). The van der Waals surface area contributed by atoms with Gasteiger partial charge in [0.2, 0.25) is 0 Å². The van der Waals surface area contributed by atoms with Crippen LogP contribution in [0.25, 0.3) is 0 Å². The molecule has 2 heterocycles. The maximum absolute atomic E-state index is 11.6. The van der Waals surface area contributed by atoms with E-state index in [1.165, 1.54) is 10.0 Å². The van der Waals surface area contributed by atoms with Gasteiger partial charge in [-0.1, -0.05) is 0 Å². The third-order valence-electron chi connectivity index (χ3n) is 6.45. The molecule has 0 radical (unpaired) electrons. The van der Waals surface area contributed by atoms with E-state index in [2.05, 4.69) is 94.7 Å². The van der Waals surface area contributed by atoms with Gasteiger partial charge in [-0.15, -0.1) is 0 Å². The van der Waals surface area contributed by atoms with Gasteiger partial charge in [-0.05, 0) is 0 Å². The van der Waals surface area contributed by atoms with Crippen LogP contribution in [0.4, 0.5) is 11.4 Å². The molecule has 2 aromatic carbocycles. The Bertz CT molecular complexity index is 996. The van der Waals surface area contributed by atoms with Crippen LogP contribution in [0.2, 0.25) is 0 Å². The average molecular weight is 487 g/mol. The molecule has 2 unspecified atom stereocenters. The van der Waals surface area contributed by atoms with Gasteiger partial charge in [-0.2, -0.15) is 0 Å². The molecule has 5 nitrogen and oxygen atoms in total. The Hall–Kier alpha value is -1.88. The first-order valence-corrected chi connectivity index (χ1v) is 12.7. The van der Waals surface area contributed by atoms with Crippen LogP contribution in [0.3, 0.4) is 0 Å². The molecule has 2 aliphatic rings. The van der Waals surface area contributed by atoms with Crippen molar-refractivity contribution in [3.63, 3.8) is 0 Å². The second-order valence-electron chi connectivity index (χ2n) is 10.8. The first-order chi connectivity index (χ1) is 14.4. The first kappa shape index (κ1) is 22.3. The number of benzene rings is 2. The van der Waals surface area contributed by atoms with Gasteiger partial charge in [0.1, 0.15) is 0 Å². The van der Waals surface area contributed by atoms with Gasteiger partial charge >= 0.3 is 192 Å². The van der Waals surface area contributed by atoms with E-state index in [9.17, 15) is 10.1 Å². The summed E-state index contributed by atoms with van der Waals surface area (Å²) in [7, 11) is 0. The fourth-order valence-electron chi connectivity index (χ4n) is 5.62. The fraction of sp³-hybridized carbons (Fsp3) is 0.520. The second kappa shape index (κ2) is 7.33. The molecule has 3 atom stereocenters. The van der Waals surface area contributed by atoms with Crippen molar-refractivity contribution in [1.29, 1.82) is 0 Å². The molecule has 0 saturated carbocycles. The molecule has 2 aromatic rings. The van der Waals surface area contributed by atoms with E-state index in [-0.39, 0.29) is 47.1 Å². The van der Waals surface area contributed by atoms with Crippen LogP contribution in [0.1, 0.15) is 60.5 Å². The number of nitro benzene ring substituents is 1. The maximum atomic E-state index is 11.6. The molecular formula is C25H33N3O2Se. The van der Waals surface area contributed by atoms with E-state index < -0.39 is 0 Å². The van der Waals surface area contributed by atoms with Crippen LogP contribution in [-0.2, 0) is 4.31 Å². The van der Waals surface area contributed by atoms with Crippen LogP contribution in [0.15, 0.2) is 48.5 Å². The van der Waals surface area contributed by atoms with Gasteiger partial charge in [-0.25, -0.2) is 0 Å². The molecule has 1 saturated heterocycles. The number of nitro groups is 1. The van der Waals surface area contributed by atoms with Gasteiger partial charge in [0, 0.05) is 0 Å². The molecule has 31 heavy (non-hydrogen) atoms. The summed E-state index contributed by atoms with van der Waals surface area (Å²) < 4.78 is 1.32. The monoisotopic (exact) mass is 487 g/mol. The number of fused-ring (bicyclic) bond motifs is 3. The number of hydrogen-bond acceptors (Lipinski definition) is 4. The third kappa shape index (κ3) is 3.59. The van der Waals surface area contributed by atoms with E-state index in [1.807, 2.05) is 6.07 Å². The molecule has 0 N–H and O–H groups in total. The van der Waals surface area contributed by atoms with Crippen molar-refractivity contribution in [2.75, 3.05) is 4.90 Å². The predicted octanol–water partition coefficient (Wildman–Crippen LogP) is 4.66. The average Bonchev–Trinajstić information content (AvgIpc) is 3.07. The Kier molecular flexibility index (Phi) is 5.28. The summed E-state index contributed by atoms with van der Waals surface area (Å²) in [6, 6.07) is 16.8. The molecular weight excluding hydrogens is 453 g/mol. The zero-order valence-corrected chi connectivity index (χ0v) is 21.3. The number of nitrogens with zero attached hydrogens (tertiary/aromatic N) is 3. The zero-order chi connectivity index (χ0) is 22.8. The van der Waals surface area contributed by atoms with E-state index in [0.29, 0.717) is 6.04 Å². The molecule has 0 spiro atoms. The van der Waals surface area contributed by atoms with Crippen molar-refractivity contribution in [2.24, 2.45) is 0 Å². The summed E-state index contributed by atoms with van der Waals surface area (Å²) in [5.41, 5.74) is 2.30. The number of anilines is 1. The molecule has 6 heteroatoms. The molecule has 0 bridgehead atoms. The van der Waals surface area contributed by atoms with Crippen molar-refractivity contribution in [2.45, 2.75) is 82.5 Å². The number of likely N-dealkylation sites (tertiary alicyclic amines) is 1. The van der Waals surface area contributed by atoms with Crippen molar-refractivity contribution < 1.29 is 4.92 Å². The summed E-state index contributed by atoms with van der Waals surface area (Å²) in [5.74, 6) is 0. The van der Waals surface area contributed by atoms with Crippen LogP contribution < -0.4 is 9.36 Å². The Labute approximate surface area is 192 Å². The topological polar surface area (TPSA) is 49.6 Å². The Balaban J connectivity index is 1.99. The molecule has 166 valence electrons. The summed E-state index contributed by atoms with van der Waals surface area (Å²) in [6.45, 7) is 15.9. The van der Waals surface area contributed by atoms with Gasteiger partial charge < -0.3 is 0 Å². The minimum absolute atomic E-state index is 0.0178. The summed E-state index contributed by atoms with van der Waals surface area (Å²) in [6.07, 6.45) is 1.22. The molecule has 0 aromatic heterocycles. The second-order valence-corrected chi connectivity index (χ2v) is 13.8. The normalized spacial score (nSPS) is 26.1. The molecule has 0 aliphatic carbocycles. The quantitative estimate of drug-likeness (QED) is 0.360. The van der Waals surface area contributed by atoms with Gasteiger partial charge in [0.15, 0.2) is 0 Å². The summed E-state index contributed by atoms with van der Waals surface area (Å²) >= 11 is 0.179. The number of hydrogen-bond donors (Lipinski definition) is 0. The Morgan fingerprint density at radius 1 is 1.03 bits per heavy atom. The molecule has 2 aliphatic heterocycles. The number of rotatable bonds is 3. The van der Waals surface area contributed by atoms with Crippen molar-refractivity contribution in [3.05, 3.63) is 64.2 Å². The van der Waals surface area contributed by atoms with Gasteiger partial charge in [-0.3, -0.25) is 0 Å². The Morgan fingerprint density at radius 2 is 1.68 bits per heavy atom. The summed E-state index contributed by atoms with van der Waals surface area (Å²) in [5, 5.41) is 11.6. The summed E-state index contributed by atoms with van der Waals surface area (Å²) in [4.78, 5) is 16.5. The van der Waals surface area contributed by atoms with E-state index in [0.717, 1.165) is 12.1 Å². The van der Waals surface area contributed by atoms with E-state index >= 15 is 0 Å². The minimum atomic E-state index is -0.269. The van der Waals surface area contributed by atoms with Crippen molar-refractivity contribution >= 4 is 30.8 Å². The van der Waals surface area contributed by atoms with Gasteiger partial charge in [0.25, 0.3) is 0 Å². The zero-order valence-electron chi connectivity index (χ0n) is 19.5. The van der Waals surface area contributed by atoms with Gasteiger partial charge in [0.05, 0.1) is 0 Å². The third-order valence-corrected chi connectivity index (χ3v) is 9.53. The standard InChI is InChI=1S/C25H33N3O2Se/c1-17-16-25(31-19-11-9-8-10-12-19)20-14-13-18(28(29)30)15-21(20)27(24(5,6)7)22(25)26(17)23(2,3)4/h8-15,17,22H,16H2,1-7H3/t17-,22?,25?/m0/s1. The number of non-ortho nitro benzene ring substituents is 1.